The van der Waals surface area contributed by atoms with Gasteiger partial charge in [-0.2, -0.15) is 4.98 Å². The molecular weight excluding hydrogens is 526 g/mol. The average Bonchev–Trinajstić information content (AvgIpc) is 2.94. The molecule has 0 atom stereocenters. The molecule has 10 heteroatoms. The van der Waals surface area contributed by atoms with Gasteiger partial charge in [0, 0.05) is 67.1 Å². The maximum atomic E-state index is 4.93. The topological polar surface area (TPSA) is 82.1 Å². The fraction of sp³-hybridized carbons (Fsp3) is 0.419. The van der Waals surface area contributed by atoms with E-state index < -0.39 is 7.92 Å². The Kier molecular flexibility index (Phi) is 7.60. The van der Waals surface area contributed by atoms with Gasteiger partial charge in [0.1, 0.15) is 5.82 Å². The number of hydrogen-bond donors (Lipinski definition) is 2. The second-order valence-corrected chi connectivity index (χ2v) is 14.2. The molecule has 0 aliphatic carbocycles. The number of piperidine rings is 1. The molecule has 4 aromatic rings. The summed E-state index contributed by atoms with van der Waals surface area (Å²) in [5, 5.41) is 8.30. The van der Waals surface area contributed by atoms with Gasteiger partial charge in [-0.25, -0.2) is 4.98 Å². The van der Waals surface area contributed by atoms with Crippen LogP contribution in [0.1, 0.15) is 24.0 Å². The molecule has 2 aromatic heterocycles. The van der Waals surface area contributed by atoms with Gasteiger partial charge in [0.25, 0.3) is 0 Å². The number of nitrogens with zero attached hydrogens (tertiary/aromatic N) is 6. The molecule has 0 saturated carbocycles. The van der Waals surface area contributed by atoms with Crippen molar-refractivity contribution in [2.45, 2.75) is 33.5 Å². The average molecular weight is 565 g/mol. The Balaban J connectivity index is 1.24. The minimum atomic E-state index is -0.436. The van der Waals surface area contributed by atoms with Gasteiger partial charge in [-0.05, 0) is 93.3 Å². The zero-order valence-corrected chi connectivity index (χ0v) is 25.9. The van der Waals surface area contributed by atoms with Crippen LogP contribution in [0.5, 0.6) is 0 Å². The molecule has 41 heavy (non-hydrogen) atoms. The number of aromatic nitrogens is 4. The zero-order valence-electron chi connectivity index (χ0n) is 25.0. The molecular formula is C31H39BN8P. The van der Waals surface area contributed by atoms with E-state index in [9.17, 15) is 0 Å². The van der Waals surface area contributed by atoms with Crippen LogP contribution in [-0.4, -0.2) is 78.7 Å². The smallest absolute Gasteiger partial charge is 0.229 e. The van der Waals surface area contributed by atoms with Crippen LogP contribution in [0, 0.1) is 19.3 Å². The molecule has 2 saturated heterocycles. The molecule has 1 spiro atoms. The van der Waals surface area contributed by atoms with Crippen LogP contribution in [0.15, 0.2) is 42.9 Å². The molecule has 1 radical (unpaired) electrons. The van der Waals surface area contributed by atoms with Gasteiger partial charge < -0.3 is 20.4 Å². The van der Waals surface area contributed by atoms with Gasteiger partial charge in [0.05, 0.1) is 11.0 Å². The molecule has 6 rings (SSSR count). The van der Waals surface area contributed by atoms with E-state index >= 15 is 0 Å². The number of nitrogens with one attached hydrogen (secondary N) is 2. The van der Waals surface area contributed by atoms with Crippen molar-refractivity contribution in [3.63, 3.8) is 0 Å². The number of fused-ring (bicyclic) bond motifs is 1. The first-order valence-corrected chi connectivity index (χ1v) is 16.7. The van der Waals surface area contributed by atoms with Crippen molar-refractivity contribution >= 4 is 65.8 Å². The summed E-state index contributed by atoms with van der Waals surface area (Å²) >= 11 is 0. The van der Waals surface area contributed by atoms with Crippen LogP contribution in [-0.2, 0) is 0 Å². The summed E-state index contributed by atoms with van der Waals surface area (Å²) in [6.07, 6.45) is 7.94. The van der Waals surface area contributed by atoms with Crippen molar-refractivity contribution in [3.05, 3.63) is 54.0 Å². The molecule has 8 nitrogen and oxygen atoms in total. The Morgan fingerprint density at radius 3 is 2.39 bits per heavy atom. The third-order valence-electron chi connectivity index (χ3n) is 8.61. The van der Waals surface area contributed by atoms with E-state index in [0.29, 0.717) is 11.4 Å². The van der Waals surface area contributed by atoms with E-state index in [2.05, 4.69) is 87.8 Å². The number of likely N-dealkylation sites (tertiary alicyclic amines) is 1. The van der Waals surface area contributed by atoms with E-state index in [4.69, 9.17) is 4.98 Å². The minimum Gasteiger partial charge on any atom is -0.371 e. The number of aryl methyl sites for hydroxylation is 2. The molecule has 0 unspecified atom stereocenters. The maximum absolute atomic E-state index is 4.93. The fourth-order valence-corrected chi connectivity index (χ4v) is 7.71. The van der Waals surface area contributed by atoms with Gasteiger partial charge in [0.2, 0.25) is 5.95 Å². The van der Waals surface area contributed by atoms with Gasteiger partial charge in [-0.1, -0.05) is 14.7 Å². The van der Waals surface area contributed by atoms with Crippen LogP contribution in [0.3, 0.4) is 0 Å². The lowest BCUT2D eigenvalue weighted by Crippen LogP contribution is -2.58. The second kappa shape index (κ2) is 11.2. The Morgan fingerprint density at radius 2 is 1.68 bits per heavy atom. The summed E-state index contributed by atoms with van der Waals surface area (Å²) in [5.41, 5.74) is 9.20. The summed E-state index contributed by atoms with van der Waals surface area (Å²) < 4.78 is 0. The lowest BCUT2D eigenvalue weighted by atomic mass is 9.72. The van der Waals surface area contributed by atoms with Gasteiger partial charge in [-0.15, -0.1) is 0 Å². The third-order valence-corrected chi connectivity index (χ3v) is 9.95. The molecule has 2 aromatic carbocycles. The van der Waals surface area contributed by atoms with Gasteiger partial charge >= 0.3 is 0 Å². The molecule has 211 valence electrons. The summed E-state index contributed by atoms with van der Waals surface area (Å²) in [5.74, 6) is 1.33. The lowest BCUT2D eigenvalue weighted by Gasteiger charge is -2.53. The maximum Gasteiger partial charge on any atom is 0.229 e. The van der Waals surface area contributed by atoms with E-state index in [1.807, 2.05) is 26.4 Å². The molecule has 2 aliphatic heterocycles. The van der Waals surface area contributed by atoms with Crippen LogP contribution < -0.4 is 26.3 Å². The van der Waals surface area contributed by atoms with Crippen molar-refractivity contribution in [2.75, 3.05) is 62.1 Å². The van der Waals surface area contributed by atoms with Crippen molar-refractivity contribution in [3.8, 4) is 0 Å². The first kappa shape index (κ1) is 27.9. The number of hydrogen-bond acceptors (Lipinski definition) is 8. The minimum absolute atomic E-state index is 0.436. The van der Waals surface area contributed by atoms with E-state index in [0.717, 1.165) is 46.8 Å². The van der Waals surface area contributed by atoms with Gasteiger partial charge in [-0.3, -0.25) is 9.97 Å². The fourth-order valence-electron chi connectivity index (χ4n) is 6.50. The summed E-state index contributed by atoms with van der Waals surface area (Å²) in [7, 11) is 3.83. The van der Waals surface area contributed by atoms with E-state index in [1.54, 1.807) is 12.4 Å². The van der Waals surface area contributed by atoms with Crippen LogP contribution >= 0.6 is 7.92 Å². The Morgan fingerprint density at radius 1 is 0.927 bits per heavy atom. The highest BCUT2D eigenvalue weighted by Crippen LogP contribution is 2.41. The highest BCUT2D eigenvalue weighted by atomic mass is 31.1. The summed E-state index contributed by atoms with van der Waals surface area (Å²) in [6.45, 7) is 15.6. The predicted molar refractivity (Wildman–Crippen MR) is 175 cm³/mol. The summed E-state index contributed by atoms with van der Waals surface area (Å²) in [4.78, 5) is 23.8. The molecule has 2 aliphatic rings. The number of rotatable bonds is 7. The lowest BCUT2D eigenvalue weighted by molar-refractivity contribution is 0.00130. The zero-order chi connectivity index (χ0) is 28.7. The van der Waals surface area contributed by atoms with Crippen LogP contribution in [0.25, 0.3) is 11.0 Å². The first-order chi connectivity index (χ1) is 19.7. The second-order valence-electron chi connectivity index (χ2n) is 11.9. The summed E-state index contributed by atoms with van der Waals surface area (Å²) in [6, 6.07) is 8.66. The quantitative estimate of drug-likeness (QED) is 0.244. The number of anilines is 5. The molecule has 0 amide bonds. The van der Waals surface area contributed by atoms with Crippen molar-refractivity contribution in [1.82, 2.24) is 24.8 Å². The van der Waals surface area contributed by atoms with Crippen molar-refractivity contribution in [1.29, 1.82) is 0 Å². The highest BCUT2D eigenvalue weighted by molar-refractivity contribution is 7.65. The van der Waals surface area contributed by atoms with Crippen LogP contribution in [0.4, 0.5) is 28.8 Å². The van der Waals surface area contributed by atoms with E-state index in [-0.39, 0.29) is 0 Å². The largest absolute Gasteiger partial charge is 0.371 e. The molecule has 2 N–H and O–H groups in total. The highest BCUT2D eigenvalue weighted by Gasteiger charge is 2.43. The molecule has 4 heterocycles. The monoisotopic (exact) mass is 565 g/mol. The number of benzene rings is 2. The molecule has 0 bridgehead atoms. The first-order valence-electron chi connectivity index (χ1n) is 14.4. The predicted octanol–water partition coefficient (Wildman–Crippen LogP) is 4.80. The van der Waals surface area contributed by atoms with Gasteiger partial charge in [0.15, 0.2) is 7.28 Å². The van der Waals surface area contributed by atoms with Crippen LogP contribution in [0.2, 0.25) is 6.82 Å². The third kappa shape index (κ3) is 5.50. The van der Waals surface area contributed by atoms with Crippen molar-refractivity contribution < 1.29 is 0 Å². The van der Waals surface area contributed by atoms with E-state index in [1.165, 1.54) is 48.0 Å². The Hall–Kier alpha value is -3.29. The SMILES string of the molecule is C[B]c1cnc(Nc2cc(C)c(N3CCC4(CC3)CN(C)C4)cc2C)nc1Nc1ccc2nccnc2c1P(C)C. The Bertz CT molecular complexity index is 1580. The van der Waals surface area contributed by atoms with Crippen molar-refractivity contribution in [2.24, 2.45) is 5.41 Å². The molecule has 2 fully saturated rings. The normalized spacial score (nSPS) is 16.7. The Labute approximate surface area is 245 Å². The standard InChI is InChI=1S/C31H39BN8P/c1-20-16-26(40-13-9-31(10-14-40)18-39(4)19-31)21(2)15-25(20)37-30-35-17-22(32-3)29(38-30)36-24-8-7-23-27(28(24)41(5)6)34-12-11-33-23/h7-8,11-12,15-17H,9-10,13-14,18-19H2,1-6H3,(H2,35,36,37,38).